The molecule has 8 aromatic carbocycles. The molecule has 62 heavy (non-hydrogen) atoms. The van der Waals surface area contributed by atoms with Gasteiger partial charge in [0.05, 0.1) is 27.8 Å². The van der Waals surface area contributed by atoms with Crippen molar-refractivity contribution in [1.29, 1.82) is 0 Å². The fourth-order valence-corrected chi connectivity index (χ4v) is 8.93. The van der Waals surface area contributed by atoms with Crippen LogP contribution in [0.2, 0.25) is 0 Å². The molecule has 290 valence electrons. The van der Waals surface area contributed by atoms with Gasteiger partial charge in [0.2, 0.25) is 0 Å². The van der Waals surface area contributed by atoms with Crippen molar-refractivity contribution >= 4 is 43.6 Å². The van der Waals surface area contributed by atoms with Gasteiger partial charge in [-0.25, -0.2) is 19.9 Å². The van der Waals surface area contributed by atoms with E-state index < -0.39 is 0 Å². The van der Waals surface area contributed by atoms with Gasteiger partial charge in [-0.3, -0.25) is 4.57 Å². The number of aromatic nitrogens is 6. The summed E-state index contributed by atoms with van der Waals surface area (Å²) in [5, 5.41) is 4.66. The lowest BCUT2D eigenvalue weighted by Gasteiger charge is -2.14. The Bertz CT molecular complexity index is 3500. The molecular weight excluding hydrogens is 757 g/mol. The van der Waals surface area contributed by atoms with Crippen molar-refractivity contribution in [2.45, 2.75) is 0 Å². The van der Waals surface area contributed by atoms with E-state index in [4.69, 9.17) is 19.9 Å². The number of fused-ring (bicyclic) bond motifs is 7. The quantitative estimate of drug-likeness (QED) is 0.161. The molecule has 12 aromatic rings. The van der Waals surface area contributed by atoms with Crippen molar-refractivity contribution in [2.75, 3.05) is 0 Å². The first-order valence-corrected chi connectivity index (χ1v) is 20.8. The Kier molecular flexibility index (Phi) is 8.38. The molecule has 0 N–H and O–H groups in total. The van der Waals surface area contributed by atoms with Gasteiger partial charge in [0.15, 0.2) is 17.5 Å². The Hall–Kier alpha value is -8.48. The summed E-state index contributed by atoms with van der Waals surface area (Å²) in [4.78, 5) is 20.6. The van der Waals surface area contributed by atoms with Gasteiger partial charge in [0, 0.05) is 49.5 Å². The van der Waals surface area contributed by atoms with Crippen LogP contribution >= 0.6 is 0 Å². The fraction of sp³-hybridized carbons (Fsp3) is 0. The van der Waals surface area contributed by atoms with Crippen LogP contribution in [0.25, 0.3) is 112 Å². The summed E-state index contributed by atoms with van der Waals surface area (Å²) in [6.45, 7) is 0. The standard InChI is InChI=1S/C56H36N6/c1-5-18-37(19-6-1)42-35-47(38-20-7-2-8-21-38)57-51(36-42)62-48-30-15-13-28-44(48)45-32-33-50-52(53(45)62)46-29-14-16-31-49(46)61(50)43-27-17-26-41(34-43)56-59-54(39-22-9-3-10-23-39)58-55(60-56)40-24-11-4-12-25-40/h1-36H. The normalized spacial score (nSPS) is 11.5. The molecule has 0 atom stereocenters. The molecule has 0 unspecified atom stereocenters. The first-order chi connectivity index (χ1) is 30.7. The van der Waals surface area contributed by atoms with Gasteiger partial charge in [-0.2, -0.15) is 0 Å². The molecule has 4 heterocycles. The topological polar surface area (TPSA) is 61.4 Å². The van der Waals surface area contributed by atoms with Crippen LogP contribution in [-0.2, 0) is 0 Å². The van der Waals surface area contributed by atoms with Gasteiger partial charge in [-0.15, -0.1) is 0 Å². The number of para-hydroxylation sites is 2. The summed E-state index contributed by atoms with van der Waals surface area (Å²) in [5.41, 5.74) is 12.4. The van der Waals surface area contributed by atoms with Crippen molar-refractivity contribution in [3.8, 4) is 68.1 Å². The molecule has 4 aromatic heterocycles. The number of hydrogen-bond donors (Lipinski definition) is 0. The maximum Gasteiger partial charge on any atom is 0.164 e. The molecule has 12 rings (SSSR count). The maximum atomic E-state index is 5.46. The SMILES string of the molecule is c1ccc(-c2cc(-c3ccccc3)nc(-n3c4ccccc4c4ccc5c(c6ccccc6n5-c5cccc(-c6nc(-c7ccccc7)nc(-c7ccccc7)n6)c5)c43)c2)cc1. The van der Waals surface area contributed by atoms with Gasteiger partial charge in [-0.1, -0.05) is 176 Å². The second-order valence-electron chi connectivity index (χ2n) is 15.5. The molecule has 0 fully saturated rings. The summed E-state index contributed by atoms with van der Waals surface area (Å²) in [6, 6.07) is 76.2. The van der Waals surface area contributed by atoms with E-state index in [2.05, 4.69) is 167 Å². The van der Waals surface area contributed by atoms with Crippen molar-refractivity contribution in [3.05, 3.63) is 218 Å². The predicted molar refractivity (Wildman–Crippen MR) is 253 cm³/mol. The largest absolute Gasteiger partial charge is 0.309 e. The van der Waals surface area contributed by atoms with Crippen LogP contribution < -0.4 is 0 Å². The lowest BCUT2D eigenvalue weighted by molar-refractivity contribution is 1.07. The Morgan fingerprint density at radius 2 is 0.806 bits per heavy atom. The molecular formula is C56H36N6. The molecule has 0 aliphatic carbocycles. The number of hydrogen-bond acceptors (Lipinski definition) is 4. The zero-order valence-electron chi connectivity index (χ0n) is 33.5. The summed E-state index contributed by atoms with van der Waals surface area (Å²) in [7, 11) is 0. The Morgan fingerprint density at radius 1 is 0.290 bits per heavy atom. The third-order valence-electron chi connectivity index (χ3n) is 11.7. The van der Waals surface area contributed by atoms with E-state index in [9.17, 15) is 0 Å². The van der Waals surface area contributed by atoms with Crippen LogP contribution in [0.5, 0.6) is 0 Å². The van der Waals surface area contributed by atoms with Gasteiger partial charge in [-0.05, 0) is 53.6 Å². The fourth-order valence-electron chi connectivity index (χ4n) is 8.93. The highest BCUT2D eigenvalue weighted by Crippen LogP contribution is 2.43. The molecule has 0 radical (unpaired) electrons. The van der Waals surface area contributed by atoms with Gasteiger partial charge < -0.3 is 4.57 Å². The van der Waals surface area contributed by atoms with Crippen LogP contribution in [0.1, 0.15) is 0 Å². The molecule has 6 heteroatoms. The number of rotatable bonds is 7. The monoisotopic (exact) mass is 792 g/mol. The minimum atomic E-state index is 0.612. The van der Waals surface area contributed by atoms with Crippen LogP contribution in [0, 0.1) is 0 Å². The summed E-state index contributed by atoms with van der Waals surface area (Å²) in [6.07, 6.45) is 0. The van der Waals surface area contributed by atoms with Crippen LogP contribution in [0.4, 0.5) is 0 Å². The van der Waals surface area contributed by atoms with Crippen molar-refractivity contribution in [1.82, 2.24) is 29.1 Å². The van der Waals surface area contributed by atoms with E-state index in [0.717, 1.165) is 83.4 Å². The highest BCUT2D eigenvalue weighted by atomic mass is 15.1. The lowest BCUT2D eigenvalue weighted by atomic mass is 10.0. The minimum absolute atomic E-state index is 0.612. The summed E-state index contributed by atoms with van der Waals surface area (Å²) >= 11 is 0. The van der Waals surface area contributed by atoms with Crippen LogP contribution in [-0.4, -0.2) is 29.1 Å². The number of pyridine rings is 1. The number of benzene rings is 8. The highest BCUT2D eigenvalue weighted by molar-refractivity contribution is 6.26. The van der Waals surface area contributed by atoms with Crippen molar-refractivity contribution in [2.24, 2.45) is 0 Å². The average Bonchev–Trinajstić information content (AvgIpc) is 3.88. The Balaban J connectivity index is 1.11. The zero-order chi connectivity index (χ0) is 41.0. The zero-order valence-corrected chi connectivity index (χ0v) is 33.5. The van der Waals surface area contributed by atoms with Crippen LogP contribution in [0.15, 0.2) is 218 Å². The van der Waals surface area contributed by atoms with E-state index in [1.165, 1.54) is 10.8 Å². The Labute approximate surface area is 357 Å². The molecule has 0 spiro atoms. The molecule has 6 nitrogen and oxygen atoms in total. The average molecular weight is 793 g/mol. The molecule has 0 saturated carbocycles. The first kappa shape index (κ1) is 35.5. The second-order valence-corrected chi connectivity index (χ2v) is 15.5. The van der Waals surface area contributed by atoms with Crippen molar-refractivity contribution in [3.63, 3.8) is 0 Å². The summed E-state index contributed by atoms with van der Waals surface area (Å²) < 4.78 is 4.75. The maximum absolute atomic E-state index is 5.46. The minimum Gasteiger partial charge on any atom is -0.309 e. The third kappa shape index (κ3) is 5.96. The molecule has 0 aliphatic heterocycles. The number of nitrogens with zero attached hydrogens (tertiary/aromatic N) is 6. The van der Waals surface area contributed by atoms with Gasteiger partial charge in [0.25, 0.3) is 0 Å². The second kappa shape index (κ2) is 14.7. The first-order valence-electron chi connectivity index (χ1n) is 20.8. The predicted octanol–water partition coefficient (Wildman–Crippen LogP) is 13.8. The lowest BCUT2D eigenvalue weighted by Crippen LogP contribution is -2.01. The molecule has 0 bridgehead atoms. The molecule has 0 saturated heterocycles. The Morgan fingerprint density at radius 3 is 1.45 bits per heavy atom. The third-order valence-corrected chi connectivity index (χ3v) is 11.7. The van der Waals surface area contributed by atoms with E-state index in [-0.39, 0.29) is 0 Å². The van der Waals surface area contributed by atoms with E-state index >= 15 is 0 Å². The highest BCUT2D eigenvalue weighted by Gasteiger charge is 2.23. The molecule has 0 aliphatic rings. The smallest absolute Gasteiger partial charge is 0.164 e. The van der Waals surface area contributed by atoms with Crippen LogP contribution in [0.3, 0.4) is 0 Å². The van der Waals surface area contributed by atoms with E-state index in [1.807, 2.05) is 60.7 Å². The van der Waals surface area contributed by atoms with Gasteiger partial charge in [0.1, 0.15) is 5.82 Å². The molecule has 0 amide bonds. The van der Waals surface area contributed by atoms with E-state index in [0.29, 0.717) is 17.5 Å². The van der Waals surface area contributed by atoms with Crippen molar-refractivity contribution < 1.29 is 0 Å². The summed E-state index contributed by atoms with van der Waals surface area (Å²) in [5.74, 6) is 2.74. The van der Waals surface area contributed by atoms with Gasteiger partial charge >= 0.3 is 0 Å². The van der Waals surface area contributed by atoms with E-state index in [1.54, 1.807) is 0 Å².